The molecule has 156 valence electrons. The van der Waals surface area contributed by atoms with Crippen molar-refractivity contribution in [2.24, 2.45) is 16.6 Å². The number of hydrogen-bond donors (Lipinski definition) is 2. The van der Waals surface area contributed by atoms with Gasteiger partial charge in [0, 0.05) is 45.0 Å². The molecule has 7 nitrogen and oxygen atoms in total. The summed E-state index contributed by atoms with van der Waals surface area (Å²) in [6, 6.07) is 10.5. The van der Waals surface area contributed by atoms with Crippen molar-refractivity contribution >= 4 is 11.9 Å². The van der Waals surface area contributed by atoms with Gasteiger partial charge in [-0.15, -0.1) is 0 Å². The smallest absolute Gasteiger partial charge is 0.217 e. The maximum absolute atomic E-state index is 11.3. The number of primary amides is 1. The van der Waals surface area contributed by atoms with Crippen molar-refractivity contribution < 1.29 is 4.79 Å². The number of aryl methyl sites for hydroxylation is 2. The normalized spacial score (nSPS) is 17.3. The number of amides is 1. The summed E-state index contributed by atoms with van der Waals surface area (Å²) in [5.74, 6) is 1.93. The van der Waals surface area contributed by atoms with E-state index >= 15 is 0 Å². The summed E-state index contributed by atoms with van der Waals surface area (Å²) in [7, 11) is 0. The van der Waals surface area contributed by atoms with Crippen molar-refractivity contribution in [3.05, 3.63) is 54.1 Å². The number of piperidine rings is 1. The highest BCUT2D eigenvalue weighted by molar-refractivity contribution is 5.80. The zero-order valence-electron chi connectivity index (χ0n) is 17.3. The largest absolute Gasteiger partial charge is 0.370 e. The molecule has 3 rings (SSSR count). The zero-order valence-corrected chi connectivity index (χ0v) is 17.3. The Morgan fingerprint density at radius 2 is 2.17 bits per heavy atom. The molecule has 1 saturated heterocycles. The molecule has 2 aromatic rings. The number of carbonyl (C=O) groups excluding carboxylic acids is 1. The van der Waals surface area contributed by atoms with Crippen LogP contribution < -0.4 is 11.1 Å². The number of aliphatic imine (C=N–C) groups is 1. The molecule has 1 fully saturated rings. The number of nitrogens with one attached hydrogen (secondary N) is 1. The standard InChI is InChI=1S/C22H32N6O/c1-2-24-22(28-12-6-9-19(17-28)15-20(23)29)26-16-21-25-11-14-27(21)13-10-18-7-4-3-5-8-18/h3-5,7-8,11,14,19H,2,6,9-10,12-13,15-17H2,1H3,(H2,23,29)(H,24,26). The number of likely N-dealkylation sites (tertiary alicyclic amines) is 1. The van der Waals surface area contributed by atoms with Crippen LogP contribution in [-0.2, 0) is 24.3 Å². The molecule has 3 N–H and O–H groups in total. The second kappa shape index (κ2) is 10.6. The summed E-state index contributed by atoms with van der Waals surface area (Å²) in [4.78, 5) is 22.9. The summed E-state index contributed by atoms with van der Waals surface area (Å²) in [5, 5.41) is 3.39. The third-order valence-electron chi connectivity index (χ3n) is 5.30. The fourth-order valence-electron chi connectivity index (χ4n) is 3.87. The van der Waals surface area contributed by atoms with Crippen molar-refractivity contribution in [3.63, 3.8) is 0 Å². The van der Waals surface area contributed by atoms with Gasteiger partial charge in [0.2, 0.25) is 5.91 Å². The van der Waals surface area contributed by atoms with Gasteiger partial charge in [-0.25, -0.2) is 9.98 Å². The van der Waals surface area contributed by atoms with Crippen LogP contribution in [0, 0.1) is 5.92 Å². The highest BCUT2D eigenvalue weighted by Crippen LogP contribution is 2.19. The van der Waals surface area contributed by atoms with Crippen molar-refractivity contribution in [1.82, 2.24) is 19.8 Å². The van der Waals surface area contributed by atoms with E-state index < -0.39 is 0 Å². The molecule has 1 aliphatic heterocycles. The van der Waals surface area contributed by atoms with E-state index in [2.05, 4.69) is 51.0 Å². The van der Waals surface area contributed by atoms with Gasteiger partial charge in [0.05, 0.1) is 0 Å². The quantitative estimate of drug-likeness (QED) is 0.529. The van der Waals surface area contributed by atoms with Crippen molar-refractivity contribution in [3.8, 4) is 0 Å². The van der Waals surface area contributed by atoms with Crippen molar-refractivity contribution in [1.29, 1.82) is 0 Å². The Hall–Kier alpha value is -2.83. The first kappa shape index (κ1) is 20.9. The lowest BCUT2D eigenvalue weighted by atomic mass is 9.95. The first-order chi connectivity index (χ1) is 14.2. The van der Waals surface area contributed by atoms with E-state index in [-0.39, 0.29) is 5.91 Å². The molecule has 1 aromatic heterocycles. The molecule has 0 aliphatic carbocycles. The molecule has 0 radical (unpaired) electrons. The van der Waals surface area contributed by atoms with E-state index in [0.29, 0.717) is 18.9 Å². The Morgan fingerprint density at radius 3 is 2.93 bits per heavy atom. The van der Waals surface area contributed by atoms with Crippen LogP contribution in [0.25, 0.3) is 0 Å². The molecule has 1 aliphatic rings. The fraction of sp³-hybridized carbons (Fsp3) is 0.500. The van der Waals surface area contributed by atoms with Crippen LogP contribution in [0.1, 0.15) is 37.6 Å². The van der Waals surface area contributed by atoms with Gasteiger partial charge in [0.15, 0.2) is 5.96 Å². The molecular formula is C22H32N6O. The number of nitrogens with zero attached hydrogens (tertiary/aromatic N) is 4. The Morgan fingerprint density at radius 1 is 1.34 bits per heavy atom. The van der Waals surface area contributed by atoms with E-state index in [1.165, 1.54) is 5.56 Å². The number of hydrogen-bond acceptors (Lipinski definition) is 3. The topological polar surface area (TPSA) is 88.5 Å². The summed E-state index contributed by atoms with van der Waals surface area (Å²) < 4.78 is 2.17. The second-order valence-corrected chi connectivity index (χ2v) is 7.57. The number of guanidine groups is 1. The average Bonchev–Trinajstić information content (AvgIpc) is 3.17. The van der Waals surface area contributed by atoms with Gasteiger partial charge in [0.1, 0.15) is 12.4 Å². The van der Waals surface area contributed by atoms with E-state index in [1.807, 2.05) is 18.5 Å². The van der Waals surface area contributed by atoms with Crippen LogP contribution in [0.15, 0.2) is 47.7 Å². The molecule has 1 atom stereocenters. The third-order valence-corrected chi connectivity index (χ3v) is 5.30. The first-order valence-electron chi connectivity index (χ1n) is 10.5. The SMILES string of the molecule is CCNC(=NCc1nccn1CCc1ccccc1)N1CCCC(CC(N)=O)C1. The molecule has 29 heavy (non-hydrogen) atoms. The number of aromatic nitrogens is 2. The Labute approximate surface area is 173 Å². The summed E-state index contributed by atoms with van der Waals surface area (Å²) in [6.07, 6.45) is 7.36. The van der Waals surface area contributed by atoms with E-state index in [0.717, 1.165) is 57.2 Å². The number of carbonyl (C=O) groups is 1. The van der Waals surface area contributed by atoms with Crippen molar-refractivity contribution in [2.75, 3.05) is 19.6 Å². The Balaban J connectivity index is 1.63. The van der Waals surface area contributed by atoms with E-state index in [1.54, 1.807) is 0 Å². The van der Waals surface area contributed by atoms with E-state index in [9.17, 15) is 4.79 Å². The minimum Gasteiger partial charge on any atom is -0.370 e. The van der Waals surface area contributed by atoms with Gasteiger partial charge >= 0.3 is 0 Å². The Kier molecular flexibility index (Phi) is 7.67. The van der Waals surface area contributed by atoms with Gasteiger partial charge in [-0.1, -0.05) is 30.3 Å². The highest BCUT2D eigenvalue weighted by atomic mass is 16.1. The fourth-order valence-corrected chi connectivity index (χ4v) is 3.87. The zero-order chi connectivity index (χ0) is 20.5. The molecule has 7 heteroatoms. The summed E-state index contributed by atoms with van der Waals surface area (Å²) in [5.41, 5.74) is 6.72. The Bertz CT molecular complexity index is 801. The predicted octanol–water partition coefficient (Wildman–Crippen LogP) is 2.18. The lowest BCUT2D eigenvalue weighted by Gasteiger charge is -2.34. The van der Waals surface area contributed by atoms with Gasteiger partial charge < -0.3 is 20.5 Å². The lowest BCUT2D eigenvalue weighted by Crippen LogP contribution is -2.47. The van der Waals surface area contributed by atoms with Gasteiger partial charge in [0.25, 0.3) is 0 Å². The maximum atomic E-state index is 11.3. The second-order valence-electron chi connectivity index (χ2n) is 7.57. The summed E-state index contributed by atoms with van der Waals surface area (Å²) >= 11 is 0. The maximum Gasteiger partial charge on any atom is 0.217 e. The van der Waals surface area contributed by atoms with Gasteiger partial charge in [-0.3, -0.25) is 4.79 Å². The lowest BCUT2D eigenvalue weighted by molar-refractivity contribution is -0.119. The molecule has 0 spiro atoms. The molecule has 1 aromatic carbocycles. The third kappa shape index (κ3) is 6.34. The molecule has 0 bridgehead atoms. The van der Waals surface area contributed by atoms with Crippen molar-refractivity contribution in [2.45, 2.75) is 45.7 Å². The minimum absolute atomic E-state index is 0.223. The van der Waals surface area contributed by atoms with E-state index in [4.69, 9.17) is 10.7 Å². The van der Waals surface area contributed by atoms with Crippen LogP contribution in [0.2, 0.25) is 0 Å². The monoisotopic (exact) mass is 396 g/mol. The van der Waals surface area contributed by atoms with Gasteiger partial charge in [-0.05, 0) is 37.7 Å². The predicted molar refractivity (Wildman–Crippen MR) is 115 cm³/mol. The average molecular weight is 397 g/mol. The van der Waals surface area contributed by atoms with Crippen LogP contribution in [0.5, 0.6) is 0 Å². The molecular weight excluding hydrogens is 364 g/mol. The van der Waals surface area contributed by atoms with Crippen LogP contribution in [0.4, 0.5) is 0 Å². The highest BCUT2D eigenvalue weighted by Gasteiger charge is 2.23. The molecule has 2 heterocycles. The van der Waals surface area contributed by atoms with Crippen LogP contribution in [-0.4, -0.2) is 46.0 Å². The molecule has 1 amide bonds. The summed E-state index contributed by atoms with van der Waals surface area (Å²) in [6.45, 7) is 6.05. The molecule has 0 saturated carbocycles. The van der Waals surface area contributed by atoms with Crippen LogP contribution >= 0.6 is 0 Å². The number of rotatable bonds is 8. The molecule has 1 unspecified atom stereocenters. The number of nitrogens with two attached hydrogens (primary N) is 1. The van der Waals surface area contributed by atoms with Gasteiger partial charge in [-0.2, -0.15) is 0 Å². The first-order valence-corrected chi connectivity index (χ1v) is 10.5. The number of benzene rings is 1. The van der Waals surface area contributed by atoms with Crippen LogP contribution in [0.3, 0.4) is 0 Å². The minimum atomic E-state index is -0.223. The number of imidazole rings is 1.